The van der Waals surface area contributed by atoms with Crippen LogP contribution in [0, 0.1) is 5.82 Å². The Hall–Kier alpha value is -3.80. The molecule has 3 aromatic carbocycles. The molecule has 1 aliphatic rings. The van der Waals surface area contributed by atoms with Gasteiger partial charge in [0.05, 0.1) is 16.8 Å². The number of benzene rings is 3. The molecule has 27 heavy (non-hydrogen) atoms. The molecular formula is C21H11FN2O3. The number of carbonyl (C=O) groups excluding carboxylic acids is 2. The molecule has 0 bridgehead atoms. The Balaban J connectivity index is 1.59. The van der Waals surface area contributed by atoms with Crippen LogP contribution in [0.4, 0.5) is 10.1 Å². The Kier molecular flexibility index (Phi) is 3.21. The van der Waals surface area contributed by atoms with Gasteiger partial charge in [-0.25, -0.2) is 14.3 Å². The molecule has 2 amide bonds. The Morgan fingerprint density at radius 3 is 2.48 bits per heavy atom. The van der Waals surface area contributed by atoms with E-state index >= 15 is 0 Å². The highest BCUT2D eigenvalue weighted by Gasteiger charge is 2.39. The highest BCUT2D eigenvalue weighted by molar-refractivity contribution is 6.34. The number of hydrogen-bond acceptors (Lipinski definition) is 4. The van der Waals surface area contributed by atoms with E-state index in [-0.39, 0.29) is 11.1 Å². The number of nitrogens with zero attached hydrogens (tertiary/aromatic N) is 2. The van der Waals surface area contributed by atoms with Crippen LogP contribution in [0.3, 0.4) is 0 Å². The van der Waals surface area contributed by atoms with E-state index in [0.29, 0.717) is 22.7 Å². The molecule has 0 N–H and O–H groups in total. The van der Waals surface area contributed by atoms with E-state index in [4.69, 9.17) is 4.42 Å². The van der Waals surface area contributed by atoms with Crippen LogP contribution in [0.2, 0.25) is 0 Å². The van der Waals surface area contributed by atoms with Gasteiger partial charge in [-0.3, -0.25) is 9.59 Å². The summed E-state index contributed by atoms with van der Waals surface area (Å²) < 4.78 is 19.8. The Morgan fingerprint density at radius 2 is 1.70 bits per heavy atom. The van der Waals surface area contributed by atoms with Crippen molar-refractivity contribution in [3.8, 4) is 11.5 Å². The number of rotatable bonds is 2. The molecule has 0 fully saturated rings. The minimum Gasteiger partial charge on any atom is -0.436 e. The molecule has 6 heteroatoms. The third-order valence-corrected chi connectivity index (χ3v) is 4.51. The van der Waals surface area contributed by atoms with Crippen molar-refractivity contribution in [2.24, 2.45) is 0 Å². The van der Waals surface area contributed by atoms with Gasteiger partial charge in [-0.2, -0.15) is 0 Å². The number of fused-ring (bicyclic) bond motifs is 2. The quantitative estimate of drug-likeness (QED) is 0.497. The van der Waals surface area contributed by atoms with E-state index in [1.807, 2.05) is 30.3 Å². The van der Waals surface area contributed by atoms with Crippen molar-refractivity contribution in [2.75, 3.05) is 4.90 Å². The minimum atomic E-state index is -0.706. The lowest BCUT2D eigenvalue weighted by Crippen LogP contribution is -2.29. The smallest absolute Gasteiger partial charge is 0.269 e. The summed E-state index contributed by atoms with van der Waals surface area (Å²) in [6.45, 7) is 0. The van der Waals surface area contributed by atoms with Crippen molar-refractivity contribution < 1.29 is 18.4 Å². The summed E-state index contributed by atoms with van der Waals surface area (Å²) in [5, 5.41) is 0. The van der Waals surface area contributed by atoms with Crippen LogP contribution < -0.4 is 4.90 Å². The molecule has 1 aliphatic heterocycles. The molecule has 4 aromatic rings. The highest BCUT2D eigenvalue weighted by atomic mass is 19.1. The molecule has 0 saturated carbocycles. The zero-order valence-corrected chi connectivity index (χ0v) is 13.8. The first-order valence-corrected chi connectivity index (χ1v) is 8.27. The van der Waals surface area contributed by atoms with Crippen molar-refractivity contribution in [3.05, 3.63) is 83.7 Å². The van der Waals surface area contributed by atoms with Gasteiger partial charge in [0.2, 0.25) is 5.89 Å². The van der Waals surface area contributed by atoms with Crippen LogP contribution in [-0.2, 0) is 0 Å². The molecule has 0 radical (unpaired) electrons. The summed E-state index contributed by atoms with van der Waals surface area (Å²) in [5.74, 6) is -1.50. The molecule has 2 heterocycles. The molecule has 0 aliphatic carbocycles. The minimum absolute atomic E-state index is 0.0604. The Morgan fingerprint density at radius 1 is 0.889 bits per heavy atom. The number of oxazole rings is 1. The average molecular weight is 358 g/mol. The summed E-state index contributed by atoms with van der Waals surface area (Å²) >= 11 is 0. The van der Waals surface area contributed by atoms with E-state index in [2.05, 4.69) is 4.98 Å². The maximum absolute atomic E-state index is 14.0. The molecular weight excluding hydrogens is 347 g/mol. The van der Waals surface area contributed by atoms with Crippen LogP contribution in [-0.4, -0.2) is 16.8 Å². The zero-order chi connectivity index (χ0) is 18.5. The van der Waals surface area contributed by atoms with Gasteiger partial charge in [0, 0.05) is 5.56 Å². The SMILES string of the molecule is O=C1c2cccc(F)c2C(=O)N1c1ccc2oc(-c3ccccc3)nc2c1. The molecule has 5 rings (SSSR count). The first-order chi connectivity index (χ1) is 13.1. The fraction of sp³-hybridized carbons (Fsp3) is 0. The molecule has 0 atom stereocenters. The fourth-order valence-corrected chi connectivity index (χ4v) is 3.24. The average Bonchev–Trinajstić information content (AvgIpc) is 3.22. The van der Waals surface area contributed by atoms with Gasteiger partial charge in [-0.1, -0.05) is 24.3 Å². The number of anilines is 1. The predicted octanol–water partition coefficient (Wildman–Crippen LogP) is 4.43. The van der Waals surface area contributed by atoms with Gasteiger partial charge in [0.15, 0.2) is 5.58 Å². The molecule has 0 saturated heterocycles. The van der Waals surface area contributed by atoms with E-state index in [9.17, 15) is 14.0 Å². The number of amides is 2. The third kappa shape index (κ3) is 2.27. The van der Waals surface area contributed by atoms with Crippen molar-refractivity contribution >= 4 is 28.6 Å². The second-order valence-corrected chi connectivity index (χ2v) is 6.15. The number of hydrogen-bond donors (Lipinski definition) is 0. The van der Waals surface area contributed by atoms with Crippen molar-refractivity contribution in [1.29, 1.82) is 0 Å². The molecule has 5 nitrogen and oxygen atoms in total. The van der Waals surface area contributed by atoms with Gasteiger partial charge in [-0.05, 0) is 42.5 Å². The van der Waals surface area contributed by atoms with Crippen LogP contribution >= 0.6 is 0 Å². The van der Waals surface area contributed by atoms with Crippen molar-refractivity contribution in [1.82, 2.24) is 4.98 Å². The largest absolute Gasteiger partial charge is 0.436 e. The summed E-state index contributed by atoms with van der Waals surface area (Å²) in [4.78, 5) is 30.6. The van der Waals surface area contributed by atoms with E-state index in [1.54, 1.807) is 18.2 Å². The lowest BCUT2D eigenvalue weighted by molar-refractivity contribution is 0.0925. The second-order valence-electron chi connectivity index (χ2n) is 6.15. The maximum Gasteiger partial charge on any atom is 0.269 e. The topological polar surface area (TPSA) is 63.4 Å². The lowest BCUT2D eigenvalue weighted by atomic mass is 10.1. The third-order valence-electron chi connectivity index (χ3n) is 4.51. The van der Waals surface area contributed by atoms with E-state index < -0.39 is 17.6 Å². The number of halogens is 1. The summed E-state index contributed by atoms with van der Waals surface area (Å²) in [6, 6.07) is 18.2. The maximum atomic E-state index is 14.0. The van der Waals surface area contributed by atoms with Crippen LogP contribution in [0.1, 0.15) is 20.7 Å². The van der Waals surface area contributed by atoms with Crippen molar-refractivity contribution in [2.45, 2.75) is 0 Å². The molecule has 0 spiro atoms. The zero-order valence-electron chi connectivity index (χ0n) is 13.8. The Labute approximate surface area is 152 Å². The van der Waals surface area contributed by atoms with Gasteiger partial charge < -0.3 is 4.42 Å². The summed E-state index contributed by atoms with van der Waals surface area (Å²) in [7, 11) is 0. The van der Waals surface area contributed by atoms with Gasteiger partial charge in [-0.15, -0.1) is 0 Å². The standard InChI is InChI=1S/C21H11FN2O3/c22-15-8-4-7-14-18(15)21(26)24(20(14)25)13-9-10-17-16(11-13)23-19(27-17)12-5-2-1-3-6-12/h1-11H. The van der Waals surface area contributed by atoms with Crippen LogP contribution in [0.15, 0.2) is 71.1 Å². The fourth-order valence-electron chi connectivity index (χ4n) is 3.24. The predicted molar refractivity (Wildman–Crippen MR) is 97.0 cm³/mol. The second kappa shape index (κ2) is 5.60. The number of aromatic nitrogens is 1. The lowest BCUT2D eigenvalue weighted by Gasteiger charge is -2.13. The van der Waals surface area contributed by atoms with E-state index in [1.165, 1.54) is 18.2 Å². The van der Waals surface area contributed by atoms with Crippen LogP contribution in [0.25, 0.3) is 22.6 Å². The summed E-state index contributed by atoms with van der Waals surface area (Å²) in [6.07, 6.45) is 0. The number of carbonyl (C=O) groups is 2. The first-order valence-electron chi connectivity index (χ1n) is 8.27. The van der Waals surface area contributed by atoms with Gasteiger partial charge in [0.1, 0.15) is 11.3 Å². The van der Waals surface area contributed by atoms with Crippen molar-refractivity contribution in [3.63, 3.8) is 0 Å². The Bertz CT molecular complexity index is 1230. The molecule has 0 unspecified atom stereocenters. The van der Waals surface area contributed by atoms with Gasteiger partial charge >= 0.3 is 0 Å². The normalized spacial score (nSPS) is 13.4. The van der Waals surface area contributed by atoms with E-state index in [0.717, 1.165) is 10.5 Å². The van der Waals surface area contributed by atoms with Crippen LogP contribution in [0.5, 0.6) is 0 Å². The number of imide groups is 1. The monoisotopic (exact) mass is 358 g/mol. The highest BCUT2D eigenvalue weighted by Crippen LogP contribution is 2.33. The molecule has 1 aromatic heterocycles. The summed E-state index contributed by atoms with van der Waals surface area (Å²) in [5.41, 5.74) is 2.03. The first kappa shape index (κ1) is 15.5. The van der Waals surface area contributed by atoms with Gasteiger partial charge in [0.25, 0.3) is 11.8 Å². The molecule has 130 valence electrons.